The molecule has 0 radical (unpaired) electrons. The van der Waals surface area contributed by atoms with Gasteiger partial charge in [0, 0.05) is 17.5 Å². The first-order chi connectivity index (χ1) is 11.9. The monoisotopic (exact) mass is 377 g/mol. The highest BCUT2D eigenvalue weighted by atomic mass is 35.5. The lowest BCUT2D eigenvalue weighted by Crippen LogP contribution is -2.56. The van der Waals surface area contributed by atoms with E-state index in [4.69, 9.17) is 16.7 Å². The van der Waals surface area contributed by atoms with Gasteiger partial charge in [-0.2, -0.15) is 4.31 Å². The Labute approximate surface area is 153 Å². The van der Waals surface area contributed by atoms with E-state index < -0.39 is 10.0 Å². The number of aliphatic hydroxyl groups is 1. The molecular formula is C19H20ClNO3S. The average molecular weight is 378 g/mol. The minimum Gasteiger partial charge on any atom is -0.392 e. The normalized spacial score (nSPS) is 21.4. The van der Waals surface area contributed by atoms with Crippen molar-refractivity contribution in [3.8, 4) is 0 Å². The Bertz CT molecular complexity index is 861. The highest BCUT2D eigenvalue weighted by molar-refractivity contribution is 7.89. The van der Waals surface area contributed by atoms with Crippen molar-refractivity contribution in [3.63, 3.8) is 0 Å². The van der Waals surface area contributed by atoms with E-state index in [0.29, 0.717) is 11.6 Å². The summed E-state index contributed by atoms with van der Waals surface area (Å²) < 4.78 is 27.4. The minimum absolute atomic E-state index is 0.0419. The summed E-state index contributed by atoms with van der Waals surface area (Å²) >= 11 is 5.94. The molecule has 25 heavy (non-hydrogen) atoms. The second-order valence-corrected chi connectivity index (χ2v) is 8.47. The molecule has 2 atom stereocenters. The van der Waals surface area contributed by atoms with Crippen molar-refractivity contribution >= 4 is 21.6 Å². The molecule has 1 fully saturated rings. The fraction of sp³-hybridized carbons (Fsp3) is 0.263. The first kappa shape index (κ1) is 18.1. The maximum absolute atomic E-state index is 12.9. The van der Waals surface area contributed by atoms with Crippen molar-refractivity contribution in [1.29, 1.82) is 0 Å². The molecule has 1 aliphatic rings. The van der Waals surface area contributed by atoms with Gasteiger partial charge in [-0.3, -0.25) is 0 Å². The highest BCUT2D eigenvalue weighted by Crippen LogP contribution is 2.39. The number of rotatable bonds is 5. The lowest BCUT2D eigenvalue weighted by atomic mass is 9.84. The lowest BCUT2D eigenvalue weighted by Gasteiger charge is -2.45. The van der Waals surface area contributed by atoms with Gasteiger partial charge >= 0.3 is 0 Å². The van der Waals surface area contributed by atoms with E-state index in [1.54, 1.807) is 48.6 Å². The Kier molecular flexibility index (Phi) is 5.29. The van der Waals surface area contributed by atoms with Crippen LogP contribution in [0.25, 0.3) is 0 Å². The molecule has 0 aromatic heterocycles. The maximum Gasteiger partial charge on any atom is 0.243 e. The fourth-order valence-electron chi connectivity index (χ4n) is 3.03. The molecular weight excluding hydrogens is 358 g/mol. The first-order valence-corrected chi connectivity index (χ1v) is 9.87. The van der Waals surface area contributed by atoms with Crippen molar-refractivity contribution in [2.24, 2.45) is 0 Å². The summed E-state index contributed by atoms with van der Waals surface area (Å²) in [6.45, 7) is 2.20. The largest absolute Gasteiger partial charge is 0.392 e. The van der Waals surface area contributed by atoms with Crippen LogP contribution in [0.3, 0.4) is 0 Å². The Balaban J connectivity index is 1.90. The predicted molar refractivity (Wildman–Crippen MR) is 99.3 cm³/mol. The maximum atomic E-state index is 12.9. The third-order valence-electron chi connectivity index (χ3n) is 4.49. The molecule has 132 valence electrons. The first-order valence-electron chi connectivity index (χ1n) is 8.05. The van der Waals surface area contributed by atoms with Crippen molar-refractivity contribution < 1.29 is 13.5 Å². The number of halogens is 1. The average Bonchev–Trinajstić information content (AvgIpc) is 2.56. The van der Waals surface area contributed by atoms with Gasteiger partial charge < -0.3 is 5.11 Å². The van der Waals surface area contributed by atoms with Gasteiger partial charge in [0.2, 0.25) is 10.0 Å². The Morgan fingerprint density at radius 3 is 2.40 bits per heavy atom. The molecule has 4 nitrogen and oxygen atoms in total. The number of hydrogen-bond acceptors (Lipinski definition) is 3. The SMILES string of the molecule is Cc1ccc(S(=O)(=O)N2C[C@H](c3ccc(Cl)cc3)[C@H]2/C=C/CO)cc1. The van der Waals surface area contributed by atoms with Gasteiger partial charge in [-0.05, 0) is 36.8 Å². The summed E-state index contributed by atoms with van der Waals surface area (Å²) in [5.74, 6) is 0.0419. The third kappa shape index (κ3) is 3.65. The molecule has 2 aromatic carbocycles. The number of sulfonamides is 1. The van der Waals surface area contributed by atoms with Gasteiger partial charge in [0.05, 0.1) is 17.5 Å². The zero-order valence-electron chi connectivity index (χ0n) is 13.8. The predicted octanol–water partition coefficient (Wildman–Crippen LogP) is 3.35. The zero-order chi connectivity index (χ0) is 18.0. The molecule has 0 saturated carbocycles. The van der Waals surface area contributed by atoms with Crippen LogP contribution in [0.15, 0.2) is 65.6 Å². The van der Waals surface area contributed by atoms with Crippen LogP contribution < -0.4 is 0 Å². The van der Waals surface area contributed by atoms with Crippen LogP contribution in [-0.2, 0) is 10.0 Å². The number of benzene rings is 2. The molecule has 1 N–H and O–H groups in total. The van der Waals surface area contributed by atoms with Gasteiger partial charge in [-0.1, -0.05) is 53.6 Å². The van der Waals surface area contributed by atoms with Crippen LogP contribution >= 0.6 is 11.6 Å². The number of hydrogen-bond donors (Lipinski definition) is 1. The van der Waals surface area contributed by atoms with Gasteiger partial charge in [-0.15, -0.1) is 0 Å². The molecule has 0 bridgehead atoms. The van der Waals surface area contributed by atoms with E-state index in [1.165, 1.54) is 4.31 Å². The van der Waals surface area contributed by atoms with Crippen LogP contribution in [0, 0.1) is 6.92 Å². The lowest BCUT2D eigenvalue weighted by molar-refractivity contribution is 0.198. The smallest absolute Gasteiger partial charge is 0.243 e. The van der Waals surface area contributed by atoms with Crippen molar-refractivity contribution in [1.82, 2.24) is 4.31 Å². The molecule has 6 heteroatoms. The van der Waals surface area contributed by atoms with E-state index in [2.05, 4.69) is 0 Å². The Morgan fingerprint density at radius 2 is 1.80 bits per heavy atom. The topological polar surface area (TPSA) is 57.6 Å². The molecule has 0 aliphatic carbocycles. The molecule has 1 saturated heterocycles. The summed E-state index contributed by atoms with van der Waals surface area (Å²) in [6.07, 6.45) is 3.35. The molecule has 1 heterocycles. The van der Waals surface area contributed by atoms with Gasteiger partial charge in [0.15, 0.2) is 0 Å². The summed E-state index contributed by atoms with van der Waals surface area (Å²) in [5, 5.41) is 9.74. The summed E-state index contributed by atoms with van der Waals surface area (Å²) in [7, 11) is -3.57. The quantitative estimate of drug-likeness (QED) is 0.813. The molecule has 1 aliphatic heterocycles. The van der Waals surface area contributed by atoms with Crippen LogP contribution in [0.4, 0.5) is 0 Å². The molecule has 3 rings (SSSR count). The number of aryl methyl sites for hydroxylation is 1. The molecule has 0 unspecified atom stereocenters. The standard InChI is InChI=1S/C19H20ClNO3S/c1-14-4-10-17(11-5-14)25(23,24)21-13-18(19(21)3-2-12-22)15-6-8-16(20)9-7-15/h2-11,18-19,22H,12-13H2,1H3/b3-2+/t18-,19-/m1/s1. The summed E-state index contributed by atoms with van der Waals surface area (Å²) in [5.41, 5.74) is 2.05. The van der Waals surface area contributed by atoms with Gasteiger partial charge in [0.25, 0.3) is 0 Å². The molecule has 2 aromatic rings. The Morgan fingerprint density at radius 1 is 1.16 bits per heavy atom. The number of nitrogens with zero attached hydrogens (tertiary/aromatic N) is 1. The fourth-order valence-corrected chi connectivity index (χ4v) is 4.80. The second-order valence-electron chi connectivity index (χ2n) is 6.15. The van der Waals surface area contributed by atoms with Crippen molar-refractivity contribution in [3.05, 3.63) is 76.8 Å². The van der Waals surface area contributed by atoms with Crippen molar-refractivity contribution in [2.45, 2.75) is 23.8 Å². The molecule has 0 spiro atoms. The van der Waals surface area contributed by atoms with Gasteiger partial charge in [0.1, 0.15) is 0 Å². The van der Waals surface area contributed by atoms with E-state index in [-0.39, 0.29) is 23.5 Å². The van der Waals surface area contributed by atoms with Crippen LogP contribution in [0.5, 0.6) is 0 Å². The van der Waals surface area contributed by atoms with Crippen LogP contribution in [0.2, 0.25) is 5.02 Å². The van der Waals surface area contributed by atoms with E-state index >= 15 is 0 Å². The van der Waals surface area contributed by atoms with Gasteiger partial charge in [-0.25, -0.2) is 8.42 Å². The number of aliphatic hydroxyl groups excluding tert-OH is 1. The third-order valence-corrected chi connectivity index (χ3v) is 6.62. The van der Waals surface area contributed by atoms with Crippen LogP contribution in [-0.4, -0.2) is 37.0 Å². The summed E-state index contributed by atoms with van der Waals surface area (Å²) in [6, 6.07) is 14.0. The zero-order valence-corrected chi connectivity index (χ0v) is 15.4. The summed E-state index contributed by atoms with van der Waals surface area (Å²) in [4.78, 5) is 0.287. The van der Waals surface area contributed by atoms with Crippen LogP contribution in [0.1, 0.15) is 17.0 Å². The van der Waals surface area contributed by atoms with E-state index in [9.17, 15) is 8.42 Å². The highest BCUT2D eigenvalue weighted by Gasteiger charge is 2.45. The van der Waals surface area contributed by atoms with E-state index in [0.717, 1.165) is 11.1 Å². The van der Waals surface area contributed by atoms with Crippen molar-refractivity contribution in [2.75, 3.05) is 13.2 Å². The van der Waals surface area contributed by atoms with E-state index in [1.807, 2.05) is 19.1 Å². The minimum atomic E-state index is -3.57. The molecule has 0 amide bonds. The Hall–Kier alpha value is -1.66. The second kappa shape index (κ2) is 7.30.